The van der Waals surface area contributed by atoms with Crippen LogP contribution in [-0.4, -0.2) is 55.8 Å². The maximum atomic E-state index is 14.4. The zero-order valence-corrected chi connectivity index (χ0v) is 14.6. The topological polar surface area (TPSA) is 63.0 Å². The van der Waals surface area contributed by atoms with Crippen molar-refractivity contribution in [2.75, 3.05) is 31.1 Å². The quantitative estimate of drug-likeness (QED) is 0.713. The Morgan fingerprint density at radius 1 is 1.08 bits per heavy atom. The van der Waals surface area contributed by atoms with Crippen LogP contribution in [0.3, 0.4) is 0 Å². The number of hydrogen-bond donors (Lipinski definition) is 0. The van der Waals surface area contributed by atoms with Gasteiger partial charge in [-0.25, -0.2) is 19.0 Å². The summed E-state index contributed by atoms with van der Waals surface area (Å²) in [5.74, 6) is 0.664. The molecule has 0 amide bonds. The number of hydrogen-bond acceptors (Lipinski definition) is 6. The molecular weight excluding hydrogens is 333 g/mol. The van der Waals surface area contributed by atoms with Gasteiger partial charge in [0.2, 0.25) is 0 Å². The summed E-state index contributed by atoms with van der Waals surface area (Å²) >= 11 is 0. The fourth-order valence-corrected chi connectivity index (χ4v) is 3.25. The summed E-state index contributed by atoms with van der Waals surface area (Å²) in [5.41, 5.74) is 2.32. The molecule has 3 heterocycles. The highest BCUT2D eigenvalue weighted by Gasteiger charge is 2.20. The van der Waals surface area contributed by atoms with E-state index in [0.29, 0.717) is 5.69 Å². The number of piperazine rings is 1. The number of aromatic nitrogens is 5. The molecule has 0 saturated carbocycles. The Hall–Kier alpha value is -2.87. The Kier molecular flexibility index (Phi) is 4.57. The third-order valence-corrected chi connectivity index (χ3v) is 4.61. The number of benzene rings is 1. The maximum Gasteiger partial charge on any atom is 0.150 e. The molecule has 1 aliphatic heterocycles. The van der Waals surface area contributed by atoms with Crippen molar-refractivity contribution >= 4 is 5.82 Å². The summed E-state index contributed by atoms with van der Waals surface area (Å²) in [4.78, 5) is 17.2. The molecule has 0 bridgehead atoms. The average Bonchev–Trinajstić information content (AvgIpc) is 3.17. The number of aryl methyl sites for hydroxylation is 1. The van der Waals surface area contributed by atoms with Crippen molar-refractivity contribution in [1.29, 1.82) is 0 Å². The van der Waals surface area contributed by atoms with Gasteiger partial charge in [0.1, 0.15) is 30.0 Å². The van der Waals surface area contributed by atoms with Crippen LogP contribution in [0.4, 0.5) is 10.2 Å². The summed E-state index contributed by atoms with van der Waals surface area (Å²) in [6.07, 6.45) is 6.33. The zero-order valence-electron chi connectivity index (χ0n) is 14.6. The molecule has 0 atom stereocenters. The van der Waals surface area contributed by atoms with Crippen LogP contribution >= 0.6 is 0 Å². The highest BCUT2D eigenvalue weighted by Crippen LogP contribution is 2.19. The van der Waals surface area contributed by atoms with Gasteiger partial charge in [-0.05, 0) is 24.6 Å². The first-order chi connectivity index (χ1) is 12.7. The third kappa shape index (κ3) is 3.41. The minimum atomic E-state index is -0.290. The number of halogens is 1. The number of nitrogens with zero attached hydrogens (tertiary/aromatic N) is 7. The van der Waals surface area contributed by atoms with E-state index >= 15 is 0 Å². The molecule has 1 saturated heterocycles. The standard InChI is InChI=1S/C18H20FN7/c1-14-18(22-5-4-21-14)25-8-6-24(7-9-25)11-15-2-3-17(16(19)10-15)26-13-20-12-23-26/h2-5,10,12-13H,6-9,11H2,1H3. The lowest BCUT2D eigenvalue weighted by atomic mass is 10.1. The Balaban J connectivity index is 1.39. The van der Waals surface area contributed by atoms with Gasteiger partial charge >= 0.3 is 0 Å². The van der Waals surface area contributed by atoms with Gasteiger partial charge in [0.15, 0.2) is 0 Å². The van der Waals surface area contributed by atoms with E-state index in [1.54, 1.807) is 24.5 Å². The van der Waals surface area contributed by atoms with Crippen LogP contribution in [0.15, 0.2) is 43.2 Å². The van der Waals surface area contributed by atoms with Gasteiger partial charge in [0.05, 0.1) is 5.69 Å². The van der Waals surface area contributed by atoms with Crippen LogP contribution < -0.4 is 4.90 Å². The lowest BCUT2D eigenvalue weighted by Gasteiger charge is -2.35. The average molecular weight is 353 g/mol. The molecule has 0 aliphatic carbocycles. The Morgan fingerprint density at radius 2 is 1.88 bits per heavy atom. The first-order valence-electron chi connectivity index (χ1n) is 8.59. The summed E-state index contributed by atoms with van der Waals surface area (Å²) in [6.45, 7) is 6.29. The van der Waals surface area contributed by atoms with E-state index in [1.165, 1.54) is 17.3 Å². The van der Waals surface area contributed by atoms with Crippen molar-refractivity contribution in [3.8, 4) is 5.69 Å². The van der Waals surface area contributed by atoms with Crippen molar-refractivity contribution in [1.82, 2.24) is 29.6 Å². The first-order valence-corrected chi connectivity index (χ1v) is 8.59. The van der Waals surface area contributed by atoms with Crippen LogP contribution in [0.2, 0.25) is 0 Å². The second-order valence-corrected chi connectivity index (χ2v) is 6.35. The smallest absolute Gasteiger partial charge is 0.150 e. The predicted octanol–water partition coefficient (Wildman–Crippen LogP) is 1.83. The molecule has 1 aliphatic rings. The molecule has 0 unspecified atom stereocenters. The fourth-order valence-electron chi connectivity index (χ4n) is 3.25. The number of anilines is 1. The largest absolute Gasteiger partial charge is 0.353 e. The Labute approximate surface area is 151 Å². The normalized spacial score (nSPS) is 15.4. The van der Waals surface area contributed by atoms with Crippen molar-refractivity contribution in [3.63, 3.8) is 0 Å². The molecule has 3 aromatic rings. The van der Waals surface area contributed by atoms with E-state index in [4.69, 9.17) is 0 Å². The fraction of sp³-hybridized carbons (Fsp3) is 0.333. The van der Waals surface area contributed by atoms with Gasteiger partial charge in [0, 0.05) is 45.1 Å². The molecule has 8 heteroatoms. The van der Waals surface area contributed by atoms with Crippen molar-refractivity contribution in [2.24, 2.45) is 0 Å². The maximum absolute atomic E-state index is 14.4. The molecule has 4 rings (SSSR count). The van der Waals surface area contributed by atoms with E-state index in [1.807, 2.05) is 13.0 Å². The van der Waals surface area contributed by atoms with Crippen molar-refractivity contribution < 1.29 is 4.39 Å². The van der Waals surface area contributed by atoms with Crippen LogP contribution in [0.1, 0.15) is 11.3 Å². The molecular formula is C18H20FN7. The van der Waals surface area contributed by atoms with Crippen LogP contribution in [0, 0.1) is 12.7 Å². The van der Waals surface area contributed by atoms with E-state index in [2.05, 4.69) is 29.9 Å². The molecule has 0 N–H and O–H groups in total. The summed E-state index contributed by atoms with van der Waals surface area (Å²) < 4.78 is 15.8. The first kappa shape index (κ1) is 16.6. The molecule has 1 aromatic carbocycles. The lowest BCUT2D eigenvalue weighted by Crippen LogP contribution is -2.46. The van der Waals surface area contributed by atoms with E-state index in [9.17, 15) is 4.39 Å². The molecule has 0 radical (unpaired) electrons. The van der Waals surface area contributed by atoms with Gasteiger partial charge in [-0.2, -0.15) is 5.10 Å². The second kappa shape index (κ2) is 7.17. The van der Waals surface area contributed by atoms with Gasteiger partial charge < -0.3 is 4.90 Å². The van der Waals surface area contributed by atoms with Crippen LogP contribution in [0.25, 0.3) is 5.69 Å². The predicted molar refractivity (Wildman–Crippen MR) is 95.6 cm³/mol. The summed E-state index contributed by atoms with van der Waals surface area (Å²) in [6, 6.07) is 5.27. The summed E-state index contributed by atoms with van der Waals surface area (Å²) in [5, 5.41) is 3.98. The van der Waals surface area contributed by atoms with Crippen molar-refractivity contribution in [2.45, 2.75) is 13.5 Å². The molecule has 7 nitrogen and oxygen atoms in total. The van der Waals surface area contributed by atoms with E-state index in [-0.39, 0.29) is 5.82 Å². The third-order valence-electron chi connectivity index (χ3n) is 4.61. The molecule has 1 fully saturated rings. The van der Waals surface area contributed by atoms with Crippen molar-refractivity contribution in [3.05, 3.63) is 60.3 Å². The highest BCUT2D eigenvalue weighted by atomic mass is 19.1. The zero-order chi connectivity index (χ0) is 17.9. The van der Waals surface area contributed by atoms with E-state index < -0.39 is 0 Å². The van der Waals surface area contributed by atoms with Crippen LogP contribution in [-0.2, 0) is 6.54 Å². The van der Waals surface area contributed by atoms with Gasteiger partial charge in [-0.3, -0.25) is 9.88 Å². The Bertz CT molecular complexity index is 873. The second-order valence-electron chi connectivity index (χ2n) is 6.35. The molecule has 0 spiro atoms. The lowest BCUT2D eigenvalue weighted by molar-refractivity contribution is 0.249. The number of rotatable bonds is 4. The SMILES string of the molecule is Cc1nccnc1N1CCN(Cc2ccc(-n3cncn3)c(F)c2)CC1. The van der Waals surface area contributed by atoms with Gasteiger partial charge in [0.25, 0.3) is 0 Å². The van der Waals surface area contributed by atoms with Gasteiger partial charge in [-0.1, -0.05) is 6.07 Å². The molecule has 2 aromatic heterocycles. The van der Waals surface area contributed by atoms with Crippen LogP contribution in [0.5, 0.6) is 0 Å². The van der Waals surface area contributed by atoms with E-state index in [0.717, 1.165) is 49.8 Å². The van der Waals surface area contributed by atoms with Gasteiger partial charge in [-0.15, -0.1) is 0 Å². The highest BCUT2D eigenvalue weighted by molar-refractivity contribution is 5.42. The minimum Gasteiger partial charge on any atom is -0.353 e. The molecule has 134 valence electrons. The molecule has 26 heavy (non-hydrogen) atoms. The summed E-state index contributed by atoms with van der Waals surface area (Å²) in [7, 11) is 0. The monoisotopic (exact) mass is 353 g/mol. The Morgan fingerprint density at radius 3 is 2.58 bits per heavy atom. The minimum absolute atomic E-state index is 0.290.